The van der Waals surface area contributed by atoms with E-state index in [1.165, 1.54) is 6.20 Å². The van der Waals surface area contributed by atoms with Crippen LogP contribution in [0.4, 0.5) is 0 Å². The Hall–Kier alpha value is -1.56. The molecule has 0 bridgehead atoms. The van der Waals surface area contributed by atoms with Crippen LogP contribution in [0.15, 0.2) is 11.6 Å². The van der Waals surface area contributed by atoms with Crippen molar-refractivity contribution in [3.8, 4) is 0 Å². The second-order valence-electron chi connectivity index (χ2n) is 2.58. The molecule has 0 spiro atoms. The van der Waals surface area contributed by atoms with Gasteiger partial charge in [-0.1, -0.05) is 0 Å². The standard InChI is InChI=1S/C9H9NO4S/c1-2-14-9(13)7(12)5-6(11)8-10-3-4-15-8/h3-4H,2,5H2,1H3. The molecule has 0 saturated carbocycles. The van der Waals surface area contributed by atoms with Crippen LogP contribution in [0.5, 0.6) is 0 Å². The minimum absolute atomic E-state index is 0.121. The van der Waals surface area contributed by atoms with E-state index in [-0.39, 0.29) is 11.6 Å². The molecule has 1 aromatic heterocycles. The molecule has 15 heavy (non-hydrogen) atoms. The van der Waals surface area contributed by atoms with Gasteiger partial charge >= 0.3 is 5.97 Å². The van der Waals surface area contributed by atoms with Crippen LogP contribution in [-0.2, 0) is 14.3 Å². The number of aromatic nitrogens is 1. The first kappa shape index (κ1) is 11.5. The van der Waals surface area contributed by atoms with Crippen molar-refractivity contribution >= 4 is 28.9 Å². The normalized spacial score (nSPS) is 9.67. The Morgan fingerprint density at radius 3 is 2.73 bits per heavy atom. The van der Waals surface area contributed by atoms with E-state index in [9.17, 15) is 14.4 Å². The molecule has 0 saturated heterocycles. The molecule has 5 nitrogen and oxygen atoms in total. The maximum atomic E-state index is 11.3. The molecule has 0 N–H and O–H groups in total. The zero-order valence-electron chi connectivity index (χ0n) is 8.06. The Morgan fingerprint density at radius 2 is 2.20 bits per heavy atom. The number of rotatable bonds is 5. The number of carbonyl (C=O) groups is 3. The molecule has 0 amide bonds. The van der Waals surface area contributed by atoms with Crippen molar-refractivity contribution in [2.75, 3.05) is 6.61 Å². The zero-order chi connectivity index (χ0) is 11.3. The summed E-state index contributed by atoms with van der Waals surface area (Å²) < 4.78 is 4.46. The average molecular weight is 227 g/mol. The van der Waals surface area contributed by atoms with Gasteiger partial charge in [-0.3, -0.25) is 9.59 Å². The summed E-state index contributed by atoms with van der Waals surface area (Å²) in [6.45, 7) is 1.71. The van der Waals surface area contributed by atoms with E-state index in [4.69, 9.17) is 0 Å². The van der Waals surface area contributed by atoms with E-state index in [1.54, 1.807) is 12.3 Å². The van der Waals surface area contributed by atoms with Gasteiger partial charge in [-0.15, -0.1) is 11.3 Å². The van der Waals surface area contributed by atoms with Gasteiger partial charge in [0.1, 0.15) is 0 Å². The third kappa shape index (κ3) is 3.25. The van der Waals surface area contributed by atoms with Crippen LogP contribution in [0, 0.1) is 0 Å². The molecule has 0 aliphatic heterocycles. The van der Waals surface area contributed by atoms with Gasteiger partial charge in [0.2, 0.25) is 5.78 Å². The first-order valence-corrected chi connectivity index (χ1v) is 5.15. The molecular weight excluding hydrogens is 218 g/mol. The molecule has 1 heterocycles. The highest BCUT2D eigenvalue weighted by Crippen LogP contribution is 2.07. The molecule has 0 aliphatic carbocycles. The van der Waals surface area contributed by atoms with Gasteiger partial charge < -0.3 is 4.74 Å². The van der Waals surface area contributed by atoms with Gasteiger partial charge in [0, 0.05) is 11.6 Å². The molecule has 0 aromatic carbocycles. The van der Waals surface area contributed by atoms with E-state index >= 15 is 0 Å². The molecule has 0 unspecified atom stereocenters. The Kier molecular flexibility index (Phi) is 4.11. The van der Waals surface area contributed by atoms with Gasteiger partial charge in [-0.25, -0.2) is 9.78 Å². The maximum absolute atomic E-state index is 11.3. The number of nitrogens with zero attached hydrogens (tertiary/aromatic N) is 1. The van der Waals surface area contributed by atoms with Crippen LogP contribution < -0.4 is 0 Å². The molecular formula is C9H9NO4S. The molecule has 1 rings (SSSR count). The second kappa shape index (κ2) is 5.35. The smallest absolute Gasteiger partial charge is 0.375 e. The van der Waals surface area contributed by atoms with Crippen molar-refractivity contribution in [1.29, 1.82) is 0 Å². The number of esters is 1. The Balaban J connectivity index is 2.52. The summed E-state index contributed by atoms with van der Waals surface area (Å²) in [5.74, 6) is -2.26. The van der Waals surface area contributed by atoms with Crippen LogP contribution in [-0.4, -0.2) is 29.1 Å². The number of hydrogen-bond donors (Lipinski definition) is 0. The van der Waals surface area contributed by atoms with Gasteiger partial charge in [0.25, 0.3) is 0 Å². The largest absolute Gasteiger partial charge is 0.460 e. The van der Waals surface area contributed by atoms with Crippen molar-refractivity contribution in [2.45, 2.75) is 13.3 Å². The Labute approximate surface area is 90.1 Å². The number of thiazole rings is 1. The SMILES string of the molecule is CCOC(=O)C(=O)CC(=O)c1nccs1. The van der Waals surface area contributed by atoms with Crippen LogP contribution in [0.25, 0.3) is 0 Å². The third-order valence-corrected chi connectivity index (χ3v) is 2.31. The van der Waals surface area contributed by atoms with Gasteiger partial charge in [0.05, 0.1) is 13.0 Å². The lowest BCUT2D eigenvalue weighted by Crippen LogP contribution is -2.20. The predicted molar refractivity (Wildman–Crippen MR) is 52.7 cm³/mol. The average Bonchev–Trinajstić information content (AvgIpc) is 2.70. The number of ketones is 2. The lowest BCUT2D eigenvalue weighted by molar-refractivity contribution is -0.153. The summed E-state index contributed by atoms with van der Waals surface area (Å²) in [5.41, 5.74) is 0. The summed E-state index contributed by atoms with van der Waals surface area (Å²) in [6.07, 6.45) is 0.985. The third-order valence-electron chi connectivity index (χ3n) is 1.50. The van der Waals surface area contributed by atoms with Gasteiger partial charge in [-0.05, 0) is 6.92 Å². The molecule has 0 radical (unpaired) electrons. The minimum Gasteiger partial charge on any atom is -0.460 e. The monoisotopic (exact) mass is 227 g/mol. The van der Waals surface area contributed by atoms with Gasteiger partial charge in [0.15, 0.2) is 10.8 Å². The van der Waals surface area contributed by atoms with Crippen molar-refractivity contribution < 1.29 is 19.1 Å². The molecule has 80 valence electrons. The molecule has 0 fully saturated rings. The van der Waals surface area contributed by atoms with Crippen LogP contribution in [0.2, 0.25) is 0 Å². The van der Waals surface area contributed by atoms with Crippen molar-refractivity contribution in [3.05, 3.63) is 16.6 Å². The molecule has 0 aliphatic rings. The van der Waals surface area contributed by atoms with Crippen molar-refractivity contribution in [3.63, 3.8) is 0 Å². The first-order chi connectivity index (χ1) is 7.15. The minimum atomic E-state index is -0.970. The van der Waals surface area contributed by atoms with Crippen LogP contribution >= 0.6 is 11.3 Å². The Morgan fingerprint density at radius 1 is 1.47 bits per heavy atom. The van der Waals surface area contributed by atoms with E-state index in [1.807, 2.05) is 0 Å². The summed E-state index contributed by atoms with van der Waals surface area (Å²) in [7, 11) is 0. The quantitative estimate of drug-likeness (QED) is 0.322. The van der Waals surface area contributed by atoms with Crippen LogP contribution in [0.3, 0.4) is 0 Å². The molecule has 6 heteroatoms. The highest BCUT2D eigenvalue weighted by atomic mass is 32.1. The summed E-state index contributed by atoms with van der Waals surface area (Å²) in [5, 5.41) is 1.86. The number of carbonyl (C=O) groups excluding carboxylic acids is 3. The second-order valence-corrected chi connectivity index (χ2v) is 3.48. The number of ether oxygens (including phenoxy) is 1. The van der Waals surface area contributed by atoms with Crippen molar-refractivity contribution in [2.24, 2.45) is 0 Å². The lowest BCUT2D eigenvalue weighted by atomic mass is 10.2. The number of Topliss-reactive ketones (excluding diaryl/α,β-unsaturated/α-hetero) is 2. The zero-order valence-corrected chi connectivity index (χ0v) is 8.87. The summed E-state index contributed by atoms with van der Waals surface area (Å²) >= 11 is 1.13. The fourth-order valence-electron chi connectivity index (χ4n) is 0.866. The van der Waals surface area contributed by atoms with Gasteiger partial charge in [-0.2, -0.15) is 0 Å². The van der Waals surface area contributed by atoms with Crippen molar-refractivity contribution in [1.82, 2.24) is 4.98 Å². The summed E-state index contributed by atoms with van der Waals surface area (Å²) in [4.78, 5) is 37.1. The highest BCUT2D eigenvalue weighted by molar-refractivity contribution is 7.11. The van der Waals surface area contributed by atoms with E-state index in [0.29, 0.717) is 0 Å². The van der Waals surface area contributed by atoms with Crippen LogP contribution in [0.1, 0.15) is 23.1 Å². The topological polar surface area (TPSA) is 73.3 Å². The lowest BCUT2D eigenvalue weighted by Gasteiger charge is -1.98. The van der Waals surface area contributed by atoms with E-state index < -0.39 is 24.0 Å². The fourth-order valence-corrected chi connectivity index (χ4v) is 1.44. The maximum Gasteiger partial charge on any atom is 0.375 e. The molecule has 0 atom stereocenters. The predicted octanol–water partition coefficient (Wildman–Crippen LogP) is 0.848. The fraction of sp³-hybridized carbons (Fsp3) is 0.333. The highest BCUT2D eigenvalue weighted by Gasteiger charge is 2.20. The first-order valence-electron chi connectivity index (χ1n) is 4.27. The molecule has 1 aromatic rings. The summed E-state index contributed by atoms with van der Waals surface area (Å²) in [6, 6.07) is 0. The van der Waals surface area contributed by atoms with E-state index in [0.717, 1.165) is 11.3 Å². The Bertz CT molecular complexity index is 371. The number of hydrogen-bond acceptors (Lipinski definition) is 6. The van der Waals surface area contributed by atoms with E-state index in [2.05, 4.69) is 9.72 Å².